The first-order chi connectivity index (χ1) is 9.31. The number of carbonyl (C=O) groups excluding carboxylic acids is 1. The number of hydrogen-bond acceptors (Lipinski definition) is 3. The van der Waals surface area contributed by atoms with Crippen LogP contribution in [0.5, 0.6) is 0 Å². The van der Waals surface area contributed by atoms with E-state index in [1.54, 1.807) is 0 Å². The number of hydrogen-bond donors (Lipinski definition) is 1. The minimum absolute atomic E-state index is 0.257. The van der Waals surface area contributed by atoms with Gasteiger partial charge in [-0.25, -0.2) is 0 Å². The third-order valence-corrected chi connectivity index (χ3v) is 5.27. The highest BCUT2D eigenvalue weighted by atomic mass is 16.2. The van der Waals surface area contributed by atoms with Crippen LogP contribution in [0.15, 0.2) is 0 Å². The third-order valence-electron chi connectivity index (χ3n) is 5.27. The monoisotopic (exact) mass is 260 g/mol. The minimum Gasteiger partial charge on any atom is -0.294 e. The zero-order valence-corrected chi connectivity index (χ0v) is 11.1. The van der Waals surface area contributed by atoms with Crippen molar-refractivity contribution >= 4 is 11.7 Å². The normalized spacial score (nSPS) is 32.6. The molecule has 1 aromatic rings. The number of aromatic nitrogens is 3. The van der Waals surface area contributed by atoms with Gasteiger partial charge in [-0.1, -0.05) is 6.42 Å². The van der Waals surface area contributed by atoms with Crippen molar-refractivity contribution < 1.29 is 4.79 Å². The van der Waals surface area contributed by atoms with Crippen LogP contribution in [0.1, 0.15) is 44.2 Å². The maximum absolute atomic E-state index is 12.5. The summed E-state index contributed by atoms with van der Waals surface area (Å²) in [5.41, 5.74) is 0.951. The molecule has 2 bridgehead atoms. The Hall–Kier alpha value is -1.39. The minimum atomic E-state index is 0.257. The van der Waals surface area contributed by atoms with E-state index in [9.17, 15) is 4.79 Å². The second kappa shape index (κ2) is 4.32. The summed E-state index contributed by atoms with van der Waals surface area (Å²) in [6.45, 7) is 0.805. The van der Waals surface area contributed by atoms with Crippen LogP contribution >= 0.6 is 0 Å². The Morgan fingerprint density at radius 3 is 3.05 bits per heavy atom. The lowest BCUT2D eigenvalue weighted by Crippen LogP contribution is -2.37. The first-order valence-electron chi connectivity index (χ1n) is 7.51. The number of anilines is 1. The average Bonchev–Trinajstić information content (AvgIpc) is 3.13. The van der Waals surface area contributed by atoms with E-state index >= 15 is 0 Å². The van der Waals surface area contributed by atoms with Crippen molar-refractivity contribution in [3.8, 4) is 0 Å². The first-order valence-corrected chi connectivity index (χ1v) is 7.51. The molecule has 1 aromatic heterocycles. The molecule has 5 nitrogen and oxygen atoms in total. The van der Waals surface area contributed by atoms with Crippen molar-refractivity contribution in [2.75, 3.05) is 11.4 Å². The van der Waals surface area contributed by atoms with Gasteiger partial charge in [0.25, 0.3) is 0 Å². The van der Waals surface area contributed by atoms with Gasteiger partial charge < -0.3 is 0 Å². The summed E-state index contributed by atoms with van der Waals surface area (Å²) in [6.07, 6.45) is 8.03. The number of nitrogens with one attached hydrogen (secondary N) is 1. The highest BCUT2D eigenvalue weighted by molar-refractivity contribution is 5.93. The van der Waals surface area contributed by atoms with Crippen molar-refractivity contribution in [1.82, 2.24) is 15.4 Å². The number of H-pyrrole nitrogens is 1. The van der Waals surface area contributed by atoms with Crippen LogP contribution in [0.3, 0.4) is 0 Å². The molecule has 0 aromatic carbocycles. The van der Waals surface area contributed by atoms with E-state index in [1.165, 1.54) is 25.7 Å². The molecule has 1 N–H and O–H groups in total. The predicted molar refractivity (Wildman–Crippen MR) is 70.6 cm³/mol. The quantitative estimate of drug-likeness (QED) is 0.883. The maximum atomic E-state index is 12.5. The number of carbonyl (C=O) groups is 1. The lowest BCUT2D eigenvalue weighted by Gasteiger charge is -2.28. The smallest absolute Gasteiger partial charge is 0.228 e. The van der Waals surface area contributed by atoms with Crippen LogP contribution < -0.4 is 4.90 Å². The molecule has 102 valence electrons. The molecule has 5 heteroatoms. The maximum Gasteiger partial charge on any atom is 0.228 e. The standard InChI is InChI=1S/C14H20N4O/c19-13(8-11-7-9-3-4-10(11)6-9)18-5-1-2-12-14(18)16-17-15-12/h9-11H,1-8H2,(H,15,16,17). The molecular formula is C14H20N4O. The fraction of sp³-hybridized carbons (Fsp3) is 0.786. The van der Waals surface area contributed by atoms with Gasteiger partial charge in [0, 0.05) is 13.0 Å². The molecule has 1 aliphatic heterocycles. The van der Waals surface area contributed by atoms with E-state index in [0.717, 1.165) is 42.7 Å². The largest absolute Gasteiger partial charge is 0.294 e. The second-order valence-electron chi connectivity index (χ2n) is 6.38. The molecule has 1 amide bonds. The molecule has 3 unspecified atom stereocenters. The Labute approximate surface area is 112 Å². The van der Waals surface area contributed by atoms with E-state index in [1.807, 2.05) is 4.90 Å². The summed E-state index contributed by atoms with van der Waals surface area (Å²) < 4.78 is 0. The van der Waals surface area contributed by atoms with Gasteiger partial charge in [-0.2, -0.15) is 10.3 Å². The molecule has 3 aliphatic rings. The lowest BCUT2D eigenvalue weighted by molar-refractivity contribution is -0.120. The number of aryl methyl sites for hydroxylation is 1. The van der Waals surface area contributed by atoms with Gasteiger partial charge in [0.2, 0.25) is 5.91 Å². The molecule has 0 saturated heterocycles. The predicted octanol–water partition coefficient (Wildman–Crippen LogP) is 1.91. The van der Waals surface area contributed by atoms with Crippen LogP contribution in [0.2, 0.25) is 0 Å². The highest BCUT2D eigenvalue weighted by Crippen LogP contribution is 2.49. The molecule has 4 rings (SSSR count). The van der Waals surface area contributed by atoms with Gasteiger partial charge in [0.1, 0.15) is 5.69 Å². The fourth-order valence-electron chi connectivity index (χ4n) is 4.35. The summed E-state index contributed by atoms with van der Waals surface area (Å²) in [7, 11) is 0. The summed E-state index contributed by atoms with van der Waals surface area (Å²) in [6, 6.07) is 0. The Bertz CT molecular complexity index is 497. The summed E-state index contributed by atoms with van der Waals surface area (Å²) in [5.74, 6) is 3.39. The molecule has 19 heavy (non-hydrogen) atoms. The zero-order chi connectivity index (χ0) is 12.8. The average molecular weight is 260 g/mol. The number of amides is 1. The summed E-state index contributed by atoms with van der Waals surface area (Å²) in [5, 5.41) is 10.9. The van der Waals surface area contributed by atoms with Gasteiger partial charge in [-0.05, 0) is 49.9 Å². The van der Waals surface area contributed by atoms with E-state index < -0.39 is 0 Å². The number of fused-ring (bicyclic) bond motifs is 3. The number of rotatable bonds is 2. The number of aromatic amines is 1. The SMILES string of the molecule is O=C(CC1CC2CCC1C2)N1CCCc2n[nH]nc21. The van der Waals surface area contributed by atoms with Crippen molar-refractivity contribution in [2.24, 2.45) is 17.8 Å². The fourth-order valence-corrected chi connectivity index (χ4v) is 4.35. The van der Waals surface area contributed by atoms with Gasteiger partial charge in [0.05, 0.1) is 0 Å². The van der Waals surface area contributed by atoms with E-state index in [0.29, 0.717) is 12.3 Å². The van der Waals surface area contributed by atoms with Gasteiger partial charge in [-0.3, -0.25) is 9.69 Å². The summed E-state index contributed by atoms with van der Waals surface area (Å²) in [4.78, 5) is 14.4. The van der Waals surface area contributed by atoms with Crippen LogP contribution in [-0.4, -0.2) is 27.9 Å². The van der Waals surface area contributed by atoms with Crippen molar-refractivity contribution in [3.05, 3.63) is 5.69 Å². The molecule has 2 heterocycles. The molecule has 2 aliphatic carbocycles. The highest BCUT2D eigenvalue weighted by Gasteiger charge is 2.41. The Morgan fingerprint density at radius 2 is 2.26 bits per heavy atom. The molecular weight excluding hydrogens is 240 g/mol. The molecule has 0 spiro atoms. The van der Waals surface area contributed by atoms with Gasteiger partial charge in [-0.15, -0.1) is 5.10 Å². The van der Waals surface area contributed by atoms with Crippen molar-refractivity contribution in [3.63, 3.8) is 0 Å². The number of nitrogens with zero attached hydrogens (tertiary/aromatic N) is 3. The third kappa shape index (κ3) is 1.86. The second-order valence-corrected chi connectivity index (χ2v) is 6.38. The van der Waals surface area contributed by atoms with Crippen molar-refractivity contribution in [2.45, 2.75) is 44.9 Å². The summed E-state index contributed by atoms with van der Waals surface area (Å²) >= 11 is 0. The molecule has 2 fully saturated rings. The Kier molecular flexibility index (Phi) is 2.60. The first kappa shape index (κ1) is 11.4. The van der Waals surface area contributed by atoms with Crippen LogP contribution in [0, 0.1) is 17.8 Å². The topological polar surface area (TPSA) is 61.9 Å². The van der Waals surface area contributed by atoms with Crippen LogP contribution in [0.25, 0.3) is 0 Å². The van der Waals surface area contributed by atoms with Crippen LogP contribution in [0.4, 0.5) is 5.82 Å². The van der Waals surface area contributed by atoms with Crippen molar-refractivity contribution in [1.29, 1.82) is 0 Å². The van der Waals surface area contributed by atoms with E-state index in [4.69, 9.17) is 0 Å². The Balaban J connectivity index is 1.47. The van der Waals surface area contributed by atoms with Crippen LogP contribution in [-0.2, 0) is 11.2 Å². The Morgan fingerprint density at radius 1 is 1.32 bits per heavy atom. The lowest BCUT2D eigenvalue weighted by atomic mass is 9.86. The molecule has 0 radical (unpaired) electrons. The van der Waals surface area contributed by atoms with Gasteiger partial charge >= 0.3 is 0 Å². The molecule has 3 atom stereocenters. The van der Waals surface area contributed by atoms with E-state index in [-0.39, 0.29) is 5.91 Å². The zero-order valence-electron chi connectivity index (χ0n) is 11.1. The molecule has 2 saturated carbocycles. The van der Waals surface area contributed by atoms with Gasteiger partial charge in [0.15, 0.2) is 5.82 Å². The van der Waals surface area contributed by atoms with E-state index in [2.05, 4.69) is 15.4 Å².